The van der Waals surface area contributed by atoms with Gasteiger partial charge in [-0.1, -0.05) is 30.3 Å². The van der Waals surface area contributed by atoms with Gasteiger partial charge in [-0.15, -0.1) is 0 Å². The van der Waals surface area contributed by atoms with Gasteiger partial charge in [0.15, 0.2) is 0 Å². The van der Waals surface area contributed by atoms with Crippen LogP contribution in [-0.4, -0.2) is 26.2 Å². The fraction of sp³-hybridized carbons (Fsp3) is 0.158. The van der Waals surface area contributed by atoms with Crippen molar-refractivity contribution in [1.29, 1.82) is 0 Å². The molecule has 0 radical (unpaired) electrons. The van der Waals surface area contributed by atoms with Crippen LogP contribution in [0, 0.1) is 6.92 Å². The second-order valence-electron chi connectivity index (χ2n) is 4.96. The van der Waals surface area contributed by atoms with Crippen LogP contribution in [0.25, 0.3) is 17.2 Å². The van der Waals surface area contributed by atoms with E-state index in [0.29, 0.717) is 5.56 Å². The SMILES string of the molecule is COC(=O)/C=C/c1c(C)cccc1-c1ccc(C(=O)OC)cc1. The van der Waals surface area contributed by atoms with Gasteiger partial charge in [-0.05, 0) is 47.4 Å². The molecule has 4 nitrogen and oxygen atoms in total. The fourth-order valence-electron chi connectivity index (χ4n) is 2.28. The third-order valence-corrected chi connectivity index (χ3v) is 3.53. The smallest absolute Gasteiger partial charge is 0.337 e. The van der Waals surface area contributed by atoms with Gasteiger partial charge in [-0.25, -0.2) is 9.59 Å². The van der Waals surface area contributed by atoms with Crippen molar-refractivity contribution in [1.82, 2.24) is 0 Å². The molecule has 0 aliphatic rings. The zero-order chi connectivity index (χ0) is 16.8. The fourth-order valence-corrected chi connectivity index (χ4v) is 2.28. The predicted molar refractivity (Wildman–Crippen MR) is 89.0 cm³/mol. The van der Waals surface area contributed by atoms with Gasteiger partial charge in [0.1, 0.15) is 0 Å². The van der Waals surface area contributed by atoms with Crippen LogP contribution in [0.2, 0.25) is 0 Å². The highest BCUT2D eigenvalue weighted by molar-refractivity contribution is 5.91. The van der Waals surface area contributed by atoms with Gasteiger partial charge < -0.3 is 9.47 Å². The molecule has 23 heavy (non-hydrogen) atoms. The summed E-state index contributed by atoms with van der Waals surface area (Å²) in [6.07, 6.45) is 3.14. The first-order valence-corrected chi connectivity index (χ1v) is 7.11. The number of ether oxygens (including phenoxy) is 2. The van der Waals surface area contributed by atoms with Crippen molar-refractivity contribution >= 4 is 18.0 Å². The molecule has 0 fully saturated rings. The highest BCUT2D eigenvalue weighted by Gasteiger charge is 2.09. The molecular formula is C19H18O4. The van der Waals surface area contributed by atoms with Gasteiger partial charge >= 0.3 is 11.9 Å². The molecule has 0 heterocycles. The molecule has 0 N–H and O–H groups in total. The summed E-state index contributed by atoms with van der Waals surface area (Å²) in [5, 5.41) is 0. The number of aryl methyl sites for hydroxylation is 1. The van der Waals surface area contributed by atoms with Crippen LogP contribution in [0.15, 0.2) is 48.5 Å². The van der Waals surface area contributed by atoms with E-state index < -0.39 is 5.97 Å². The van der Waals surface area contributed by atoms with Crippen LogP contribution in [0.4, 0.5) is 0 Å². The van der Waals surface area contributed by atoms with Crippen LogP contribution in [-0.2, 0) is 14.3 Å². The third-order valence-electron chi connectivity index (χ3n) is 3.53. The van der Waals surface area contributed by atoms with Crippen molar-refractivity contribution in [2.24, 2.45) is 0 Å². The standard InChI is InChI=1S/C19H18O4/c1-13-5-4-6-17(16(13)11-12-18(20)22-2)14-7-9-15(10-8-14)19(21)23-3/h4-12H,1-3H3/b12-11+. The lowest BCUT2D eigenvalue weighted by molar-refractivity contribution is -0.134. The highest BCUT2D eigenvalue weighted by atomic mass is 16.5. The number of hydrogen-bond donors (Lipinski definition) is 0. The molecule has 0 amide bonds. The minimum absolute atomic E-state index is 0.369. The number of carbonyl (C=O) groups is 2. The first-order chi connectivity index (χ1) is 11.1. The van der Waals surface area contributed by atoms with Crippen molar-refractivity contribution < 1.29 is 19.1 Å². The topological polar surface area (TPSA) is 52.6 Å². The zero-order valence-electron chi connectivity index (χ0n) is 13.3. The molecule has 0 atom stereocenters. The molecule has 0 aliphatic carbocycles. The van der Waals surface area contributed by atoms with Crippen molar-refractivity contribution in [2.45, 2.75) is 6.92 Å². The van der Waals surface area contributed by atoms with E-state index in [1.807, 2.05) is 37.3 Å². The van der Waals surface area contributed by atoms with E-state index in [2.05, 4.69) is 4.74 Å². The molecule has 2 aromatic carbocycles. The Labute approximate surface area is 135 Å². The van der Waals surface area contributed by atoms with Crippen molar-refractivity contribution in [2.75, 3.05) is 14.2 Å². The Morgan fingerprint density at radius 3 is 2.26 bits per heavy atom. The van der Waals surface area contributed by atoms with Crippen LogP contribution in [0.1, 0.15) is 21.5 Å². The summed E-state index contributed by atoms with van der Waals surface area (Å²) >= 11 is 0. The van der Waals surface area contributed by atoms with Crippen LogP contribution in [0.5, 0.6) is 0 Å². The summed E-state index contributed by atoms with van der Waals surface area (Å²) in [7, 11) is 2.70. The Hall–Kier alpha value is -2.88. The molecule has 0 spiro atoms. The number of carbonyl (C=O) groups excluding carboxylic acids is 2. The van der Waals surface area contributed by atoms with Crippen molar-refractivity contribution in [3.63, 3.8) is 0 Å². The number of hydrogen-bond acceptors (Lipinski definition) is 4. The van der Waals surface area contributed by atoms with E-state index in [4.69, 9.17) is 4.74 Å². The Balaban J connectivity index is 2.43. The lowest BCUT2D eigenvalue weighted by Gasteiger charge is -2.10. The molecular weight excluding hydrogens is 292 g/mol. The van der Waals surface area contributed by atoms with E-state index in [1.165, 1.54) is 20.3 Å². The number of rotatable bonds is 4. The molecule has 2 rings (SSSR count). The maximum atomic E-state index is 11.5. The normalized spacial score (nSPS) is 10.6. The highest BCUT2D eigenvalue weighted by Crippen LogP contribution is 2.27. The second kappa shape index (κ2) is 7.40. The summed E-state index contributed by atoms with van der Waals surface area (Å²) in [4.78, 5) is 22.8. The number of esters is 2. The summed E-state index contributed by atoms with van der Waals surface area (Å²) < 4.78 is 9.34. The molecule has 0 aliphatic heterocycles. The summed E-state index contributed by atoms with van der Waals surface area (Å²) in [6, 6.07) is 13.1. The molecule has 0 bridgehead atoms. The first-order valence-electron chi connectivity index (χ1n) is 7.11. The monoisotopic (exact) mass is 310 g/mol. The molecule has 0 saturated heterocycles. The maximum Gasteiger partial charge on any atom is 0.337 e. The van der Waals surface area contributed by atoms with Crippen LogP contribution in [0.3, 0.4) is 0 Å². The quantitative estimate of drug-likeness (QED) is 0.639. The lowest BCUT2D eigenvalue weighted by Crippen LogP contribution is -2.00. The molecule has 2 aromatic rings. The van der Waals surface area contributed by atoms with Crippen molar-refractivity contribution in [3.8, 4) is 11.1 Å². The minimum Gasteiger partial charge on any atom is -0.466 e. The average molecular weight is 310 g/mol. The average Bonchev–Trinajstić information content (AvgIpc) is 2.59. The van der Waals surface area contributed by atoms with E-state index in [1.54, 1.807) is 18.2 Å². The summed E-state index contributed by atoms with van der Waals surface area (Å²) in [5.41, 5.74) is 4.39. The third kappa shape index (κ3) is 3.86. The Morgan fingerprint density at radius 1 is 0.957 bits per heavy atom. The Bertz CT molecular complexity index is 742. The lowest BCUT2D eigenvalue weighted by atomic mass is 9.95. The van der Waals surface area contributed by atoms with E-state index >= 15 is 0 Å². The van der Waals surface area contributed by atoms with Gasteiger partial charge in [0.2, 0.25) is 0 Å². The molecule has 0 aromatic heterocycles. The van der Waals surface area contributed by atoms with Crippen LogP contribution < -0.4 is 0 Å². The molecule has 118 valence electrons. The number of benzene rings is 2. The molecule has 0 unspecified atom stereocenters. The van der Waals surface area contributed by atoms with Gasteiger partial charge in [0.25, 0.3) is 0 Å². The van der Waals surface area contributed by atoms with Crippen molar-refractivity contribution in [3.05, 3.63) is 65.2 Å². The molecule has 0 saturated carbocycles. The van der Waals surface area contributed by atoms with E-state index in [9.17, 15) is 9.59 Å². The zero-order valence-corrected chi connectivity index (χ0v) is 13.3. The Kier molecular flexibility index (Phi) is 5.31. The number of methoxy groups -OCH3 is 2. The van der Waals surface area contributed by atoms with E-state index in [-0.39, 0.29) is 5.97 Å². The summed E-state index contributed by atoms with van der Waals surface area (Å²) in [5.74, 6) is -0.771. The largest absolute Gasteiger partial charge is 0.466 e. The van der Waals surface area contributed by atoms with Gasteiger partial charge in [0, 0.05) is 6.08 Å². The van der Waals surface area contributed by atoms with Gasteiger partial charge in [0.05, 0.1) is 19.8 Å². The summed E-state index contributed by atoms with van der Waals surface area (Å²) in [6.45, 7) is 1.98. The minimum atomic E-state index is -0.403. The molecule has 4 heteroatoms. The second-order valence-corrected chi connectivity index (χ2v) is 4.96. The Morgan fingerprint density at radius 2 is 1.65 bits per heavy atom. The van der Waals surface area contributed by atoms with Gasteiger partial charge in [-0.2, -0.15) is 0 Å². The van der Waals surface area contributed by atoms with Crippen LogP contribution >= 0.6 is 0 Å². The predicted octanol–water partition coefficient (Wildman–Crippen LogP) is 3.63. The van der Waals surface area contributed by atoms with Gasteiger partial charge in [-0.3, -0.25) is 0 Å². The van der Waals surface area contributed by atoms with E-state index in [0.717, 1.165) is 22.3 Å². The first kappa shape index (κ1) is 16.5. The maximum absolute atomic E-state index is 11.5.